The van der Waals surface area contributed by atoms with E-state index in [0.29, 0.717) is 33.9 Å². The lowest BCUT2D eigenvalue weighted by Gasteiger charge is -2.29. The molecule has 47 heavy (non-hydrogen) atoms. The molecule has 1 unspecified atom stereocenters. The number of aromatic nitrogens is 2. The van der Waals surface area contributed by atoms with Gasteiger partial charge in [0.2, 0.25) is 0 Å². The topological polar surface area (TPSA) is 103 Å². The van der Waals surface area contributed by atoms with Crippen LogP contribution in [0.1, 0.15) is 42.8 Å². The number of fused-ring (bicyclic) bond motifs is 3. The number of hydrogen-bond acceptors (Lipinski definition) is 6. The minimum atomic E-state index is -5.26. The zero-order valence-electron chi connectivity index (χ0n) is 24.9. The Morgan fingerprint density at radius 3 is 2.47 bits per heavy atom. The Hall–Kier alpha value is -4.95. The van der Waals surface area contributed by atoms with Crippen molar-refractivity contribution in [2.75, 3.05) is 24.7 Å². The second-order valence-electron chi connectivity index (χ2n) is 11.2. The van der Waals surface area contributed by atoms with Crippen molar-refractivity contribution in [2.45, 2.75) is 44.6 Å². The molecule has 2 aliphatic rings. The molecule has 0 aliphatic carbocycles. The summed E-state index contributed by atoms with van der Waals surface area (Å²) in [7, 11) is 0. The van der Waals surface area contributed by atoms with Crippen molar-refractivity contribution in [3.63, 3.8) is 0 Å². The number of para-hydroxylation sites is 2. The maximum atomic E-state index is 14.1. The average Bonchev–Trinajstić information content (AvgIpc) is 3.74. The van der Waals surface area contributed by atoms with E-state index in [1.54, 1.807) is 29.7 Å². The lowest BCUT2D eigenvalue weighted by Crippen LogP contribution is -2.44. The van der Waals surface area contributed by atoms with Crippen LogP contribution in [0.15, 0.2) is 54.6 Å². The van der Waals surface area contributed by atoms with Crippen LogP contribution in [0.5, 0.6) is 17.2 Å². The Balaban J connectivity index is 1.43. The molecule has 0 radical (unpaired) electrons. The van der Waals surface area contributed by atoms with E-state index in [0.717, 1.165) is 0 Å². The number of carboxylic acid groups (broad SMARTS) is 1. The van der Waals surface area contributed by atoms with Gasteiger partial charge >= 0.3 is 24.2 Å². The zero-order chi connectivity index (χ0) is 33.8. The number of halogens is 6. The predicted octanol–water partition coefficient (Wildman–Crippen LogP) is 6.75. The van der Waals surface area contributed by atoms with Crippen molar-refractivity contribution in [3.05, 3.63) is 71.5 Å². The minimum absolute atomic E-state index is 0.0137. The molecule has 15 heteroatoms. The van der Waals surface area contributed by atoms with E-state index in [1.165, 1.54) is 43.3 Å². The highest BCUT2D eigenvalue weighted by molar-refractivity contribution is 5.98. The van der Waals surface area contributed by atoms with E-state index in [9.17, 15) is 41.0 Å². The zero-order valence-corrected chi connectivity index (χ0v) is 24.9. The summed E-state index contributed by atoms with van der Waals surface area (Å²) in [5.41, 5.74) is 1.53. The standard InChI is InChI=1S/C32H27F6N3O6/c1-3-26-39-27-21(7-5-9-24(27)47-15-31(33,34)35)41(26)22-8-4-6-19-23(14-46-28(19)22)40(30(44)32(36,37)38)17-10-11-18-20(16(2)29(42)43)13-45-25(18)12-17/h4-12,16,20,23H,3,13-15H2,1-2H3,(H,42,43)/t16?,20-,23+/m0/s1. The molecule has 0 saturated heterocycles. The second-order valence-corrected chi connectivity index (χ2v) is 11.2. The van der Waals surface area contributed by atoms with Crippen LogP contribution in [-0.2, 0) is 16.0 Å². The number of carboxylic acids is 1. The molecule has 1 N–H and O–H groups in total. The number of carbonyl (C=O) groups excluding carboxylic acids is 1. The van der Waals surface area contributed by atoms with Gasteiger partial charge in [-0.05, 0) is 24.3 Å². The van der Waals surface area contributed by atoms with Gasteiger partial charge in [0.25, 0.3) is 0 Å². The Labute approximate surface area is 263 Å². The maximum absolute atomic E-state index is 14.1. The summed E-state index contributed by atoms with van der Waals surface area (Å²) in [5.74, 6) is -3.88. The Morgan fingerprint density at radius 2 is 1.79 bits per heavy atom. The first kappa shape index (κ1) is 32.0. The van der Waals surface area contributed by atoms with Crippen LogP contribution in [0.2, 0.25) is 0 Å². The third kappa shape index (κ3) is 5.78. The maximum Gasteiger partial charge on any atom is 0.471 e. The average molecular weight is 664 g/mol. The number of carbonyl (C=O) groups is 2. The molecule has 6 rings (SSSR count). The SMILES string of the molecule is CCc1nc2c(OCC(F)(F)F)cccc2n1-c1cccc2c1OC[C@H]2N(C(=O)C(F)(F)F)c1ccc2c(c1)OC[C@H]2C(C)C(=O)O. The Kier molecular flexibility index (Phi) is 7.96. The fraction of sp³-hybridized carbons (Fsp3) is 0.344. The summed E-state index contributed by atoms with van der Waals surface area (Å²) in [4.78, 5) is 29.7. The molecule has 0 saturated carbocycles. The fourth-order valence-electron chi connectivity index (χ4n) is 6.04. The van der Waals surface area contributed by atoms with Crippen LogP contribution < -0.4 is 19.1 Å². The van der Waals surface area contributed by atoms with E-state index in [-0.39, 0.29) is 47.2 Å². The molecular weight excluding hydrogens is 636 g/mol. The van der Waals surface area contributed by atoms with E-state index < -0.39 is 48.7 Å². The quantitative estimate of drug-likeness (QED) is 0.208. The van der Waals surface area contributed by atoms with Crippen LogP contribution in [-0.4, -0.2) is 58.7 Å². The van der Waals surface area contributed by atoms with Crippen molar-refractivity contribution < 1.29 is 55.2 Å². The van der Waals surface area contributed by atoms with Gasteiger partial charge in [-0.2, -0.15) is 26.3 Å². The second kappa shape index (κ2) is 11.7. The number of anilines is 1. The molecule has 0 bridgehead atoms. The number of nitrogens with zero attached hydrogens (tertiary/aromatic N) is 3. The van der Waals surface area contributed by atoms with E-state index in [1.807, 2.05) is 0 Å². The first-order valence-electron chi connectivity index (χ1n) is 14.6. The summed E-state index contributed by atoms with van der Waals surface area (Å²) in [6.07, 6.45) is -9.51. The van der Waals surface area contributed by atoms with Gasteiger partial charge < -0.3 is 19.3 Å². The minimum Gasteiger partial charge on any atom is -0.493 e. The van der Waals surface area contributed by atoms with E-state index in [4.69, 9.17) is 14.2 Å². The summed E-state index contributed by atoms with van der Waals surface area (Å²) in [6.45, 7) is 1.43. The normalized spacial score (nSPS) is 17.9. The molecule has 9 nitrogen and oxygen atoms in total. The molecule has 0 fully saturated rings. The van der Waals surface area contributed by atoms with Crippen molar-refractivity contribution >= 4 is 28.6 Å². The van der Waals surface area contributed by atoms with Crippen molar-refractivity contribution in [3.8, 4) is 22.9 Å². The summed E-state index contributed by atoms with van der Waals surface area (Å²) < 4.78 is 99.2. The lowest BCUT2D eigenvalue weighted by atomic mass is 9.89. The predicted molar refractivity (Wildman–Crippen MR) is 155 cm³/mol. The van der Waals surface area contributed by atoms with Crippen LogP contribution >= 0.6 is 0 Å². The monoisotopic (exact) mass is 663 g/mol. The van der Waals surface area contributed by atoms with Crippen LogP contribution in [0.3, 0.4) is 0 Å². The number of ether oxygens (including phenoxy) is 3. The van der Waals surface area contributed by atoms with E-state index >= 15 is 0 Å². The number of hydrogen-bond donors (Lipinski definition) is 1. The molecule has 1 amide bonds. The highest BCUT2D eigenvalue weighted by Crippen LogP contribution is 2.47. The van der Waals surface area contributed by atoms with Gasteiger partial charge in [0.05, 0.1) is 29.8 Å². The molecule has 248 valence electrons. The third-order valence-electron chi connectivity index (χ3n) is 8.29. The van der Waals surface area contributed by atoms with E-state index in [2.05, 4.69) is 4.98 Å². The molecule has 4 aromatic rings. The molecule has 0 spiro atoms. The van der Waals surface area contributed by atoms with Gasteiger partial charge in [-0.15, -0.1) is 0 Å². The molecule has 3 atom stereocenters. The van der Waals surface area contributed by atoms with Gasteiger partial charge in [-0.25, -0.2) is 4.98 Å². The number of aryl methyl sites for hydroxylation is 1. The van der Waals surface area contributed by atoms with Gasteiger partial charge in [-0.1, -0.05) is 38.1 Å². The lowest BCUT2D eigenvalue weighted by molar-refractivity contribution is -0.171. The van der Waals surface area contributed by atoms with Gasteiger partial charge in [-0.3, -0.25) is 19.1 Å². The summed E-state index contributed by atoms with van der Waals surface area (Å²) in [5, 5.41) is 9.46. The van der Waals surface area contributed by atoms with Crippen LogP contribution in [0, 0.1) is 5.92 Å². The highest BCUT2D eigenvalue weighted by atomic mass is 19.4. The van der Waals surface area contributed by atoms with Crippen molar-refractivity contribution in [1.29, 1.82) is 0 Å². The Bertz CT molecular complexity index is 1870. The molecular formula is C32H27F6N3O6. The summed E-state index contributed by atoms with van der Waals surface area (Å²) >= 11 is 0. The number of rotatable bonds is 8. The number of imidazole rings is 1. The van der Waals surface area contributed by atoms with Gasteiger partial charge in [0.15, 0.2) is 6.61 Å². The van der Waals surface area contributed by atoms with Crippen LogP contribution in [0.25, 0.3) is 16.7 Å². The highest BCUT2D eigenvalue weighted by Gasteiger charge is 2.48. The van der Waals surface area contributed by atoms with Gasteiger partial charge in [0.1, 0.15) is 35.2 Å². The number of amides is 1. The summed E-state index contributed by atoms with van der Waals surface area (Å²) in [6, 6.07) is 12.1. The molecule has 3 aromatic carbocycles. The number of benzene rings is 3. The largest absolute Gasteiger partial charge is 0.493 e. The fourth-order valence-corrected chi connectivity index (χ4v) is 6.04. The molecule has 3 heterocycles. The smallest absolute Gasteiger partial charge is 0.471 e. The molecule has 1 aromatic heterocycles. The Morgan fingerprint density at radius 1 is 1.04 bits per heavy atom. The number of aliphatic carboxylic acids is 1. The van der Waals surface area contributed by atoms with Crippen molar-refractivity contribution in [2.24, 2.45) is 5.92 Å². The van der Waals surface area contributed by atoms with Gasteiger partial charge in [0, 0.05) is 35.2 Å². The first-order valence-corrected chi connectivity index (χ1v) is 14.6. The molecule has 2 aliphatic heterocycles. The first-order chi connectivity index (χ1) is 22.2. The van der Waals surface area contributed by atoms with Crippen LogP contribution in [0.4, 0.5) is 32.0 Å². The third-order valence-corrected chi connectivity index (χ3v) is 8.29. The number of alkyl halides is 6. The van der Waals surface area contributed by atoms with Crippen molar-refractivity contribution in [1.82, 2.24) is 9.55 Å².